The number of nitrogens with zero attached hydrogens (tertiary/aromatic N) is 1. The molecule has 0 saturated carbocycles. The number of quaternary nitrogens is 1. The first kappa shape index (κ1) is 23.2. The lowest BCUT2D eigenvalue weighted by molar-refractivity contribution is -0.920. The van der Waals surface area contributed by atoms with Gasteiger partial charge in [0.15, 0.2) is 0 Å². The predicted molar refractivity (Wildman–Crippen MR) is 121 cm³/mol. The Bertz CT molecular complexity index is 766. The van der Waals surface area contributed by atoms with Gasteiger partial charge in [-0.3, -0.25) is 4.79 Å². The lowest BCUT2D eigenvalue weighted by atomic mass is 9.57. The minimum atomic E-state index is -0.700. The fraction of sp³-hybridized carbons (Fsp3) is 0.500. The molecule has 0 radical (unpaired) electrons. The smallest absolute Gasteiger partial charge is 0.303 e. The standard InChI is InChI=1S/C26H38NO2/c1-9-25(5,29-21(2)28)26(22-16-12-10-13-17-22,23-18-14-11-15-19-23)20-24(3,4)27(6,7)8/h10-19H,9,20H2,1-8H3/q+1. The highest BCUT2D eigenvalue weighted by atomic mass is 16.6. The van der Waals surface area contributed by atoms with Crippen molar-refractivity contribution in [3.63, 3.8) is 0 Å². The summed E-state index contributed by atoms with van der Waals surface area (Å²) in [7, 11) is 6.70. The molecule has 0 saturated heterocycles. The molecule has 2 aromatic rings. The van der Waals surface area contributed by atoms with Crippen molar-refractivity contribution in [2.75, 3.05) is 21.1 Å². The van der Waals surface area contributed by atoms with Gasteiger partial charge in [-0.15, -0.1) is 0 Å². The molecule has 2 aromatic carbocycles. The van der Waals surface area contributed by atoms with Gasteiger partial charge in [0.25, 0.3) is 0 Å². The molecule has 29 heavy (non-hydrogen) atoms. The van der Waals surface area contributed by atoms with Crippen molar-refractivity contribution in [1.29, 1.82) is 0 Å². The third-order valence-corrected chi connectivity index (χ3v) is 6.99. The van der Waals surface area contributed by atoms with E-state index in [0.29, 0.717) is 6.42 Å². The second-order valence-corrected chi connectivity index (χ2v) is 9.82. The Morgan fingerprint density at radius 2 is 1.28 bits per heavy atom. The van der Waals surface area contributed by atoms with Crippen molar-refractivity contribution in [1.82, 2.24) is 0 Å². The monoisotopic (exact) mass is 396 g/mol. The van der Waals surface area contributed by atoms with Crippen LogP contribution in [0.2, 0.25) is 0 Å². The molecule has 0 N–H and O–H groups in total. The molecule has 0 aliphatic heterocycles. The number of benzene rings is 2. The number of ether oxygens (including phenoxy) is 1. The van der Waals surface area contributed by atoms with Crippen LogP contribution < -0.4 is 0 Å². The molecule has 0 aliphatic carbocycles. The van der Waals surface area contributed by atoms with E-state index < -0.39 is 11.0 Å². The maximum atomic E-state index is 12.3. The topological polar surface area (TPSA) is 26.3 Å². The Kier molecular flexibility index (Phi) is 6.64. The van der Waals surface area contributed by atoms with E-state index in [4.69, 9.17) is 4.74 Å². The van der Waals surface area contributed by atoms with Gasteiger partial charge in [0.05, 0.1) is 32.1 Å². The van der Waals surface area contributed by atoms with E-state index in [1.807, 2.05) is 12.1 Å². The van der Waals surface area contributed by atoms with Crippen molar-refractivity contribution in [2.24, 2.45) is 0 Å². The summed E-state index contributed by atoms with van der Waals surface area (Å²) in [6.45, 7) is 10.3. The lowest BCUT2D eigenvalue weighted by Gasteiger charge is -2.54. The summed E-state index contributed by atoms with van der Waals surface area (Å²) >= 11 is 0. The Morgan fingerprint density at radius 3 is 1.59 bits per heavy atom. The third-order valence-electron chi connectivity index (χ3n) is 6.99. The van der Waals surface area contributed by atoms with Gasteiger partial charge in [-0.25, -0.2) is 0 Å². The highest BCUT2D eigenvalue weighted by molar-refractivity contribution is 5.67. The highest BCUT2D eigenvalue weighted by Crippen LogP contribution is 2.51. The van der Waals surface area contributed by atoms with Crippen LogP contribution in [-0.2, 0) is 14.9 Å². The molecule has 0 aromatic heterocycles. The van der Waals surface area contributed by atoms with Gasteiger partial charge in [0, 0.05) is 13.3 Å². The number of esters is 1. The van der Waals surface area contributed by atoms with E-state index in [1.165, 1.54) is 18.1 Å². The van der Waals surface area contributed by atoms with Crippen LogP contribution in [0.25, 0.3) is 0 Å². The summed E-state index contributed by atoms with van der Waals surface area (Å²) in [5.74, 6) is -0.242. The van der Waals surface area contributed by atoms with Crippen molar-refractivity contribution in [3.05, 3.63) is 71.8 Å². The van der Waals surface area contributed by atoms with Crippen LogP contribution in [0.5, 0.6) is 0 Å². The first-order chi connectivity index (χ1) is 13.4. The Morgan fingerprint density at radius 1 is 0.862 bits per heavy atom. The molecule has 0 aliphatic rings. The predicted octanol–water partition coefficient (Wildman–Crippen LogP) is 5.58. The molecule has 0 fully saturated rings. The average molecular weight is 397 g/mol. The van der Waals surface area contributed by atoms with Gasteiger partial charge in [0.1, 0.15) is 5.60 Å². The molecule has 3 nitrogen and oxygen atoms in total. The Labute approximate surface area is 177 Å². The maximum absolute atomic E-state index is 12.3. The first-order valence-corrected chi connectivity index (χ1v) is 10.5. The molecule has 1 atom stereocenters. The van der Waals surface area contributed by atoms with Crippen LogP contribution in [0.3, 0.4) is 0 Å². The minimum absolute atomic E-state index is 0.0811. The molecule has 0 heterocycles. The molecule has 0 amide bonds. The fourth-order valence-electron chi connectivity index (χ4n) is 4.28. The van der Waals surface area contributed by atoms with Crippen LogP contribution in [0.15, 0.2) is 60.7 Å². The van der Waals surface area contributed by atoms with Gasteiger partial charge >= 0.3 is 5.97 Å². The SMILES string of the molecule is CCC(C)(OC(C)=O)C(CC(C)(C)[N+](C)(C)C)(c1ccccc1)c1ccccc1. The maximum Gasteiger partial charge on any atom is 0.303 e. The zero-order chi connectivity index (χ0) is 21.9. The summed E-state index contributed by atoms with van der Waals surface area (Å²) < 4.78 is 6.97. The molecule has 1 unspecified atom stereocenters. The van der Waals surface area contributed by atoms with E-state index in [2.05, 4.69) is 97.4 Å². The molecular weight excluding hydrogens is 358 g/mol. The number of carbonyl (C=O) groups excluding carboxylic acids is 1. The summed E-state index contributed by atoms with van der Waals surface area (Å²) in [4.78, 5) is 12.3. The van der Waals surface area contributed by atoms with Gasteiger partial charge in [-0.05, 0) is 38.3 Å². The second-order valence-electron chi connectivity index (χ2n) is 9.82. The molecule has 2 rings (SSSR count). The number of hydrogen-bond donors (Lipinski definition) is 0. The zero-order valence-corrected chi connectivity index (χ0v) is 19.5. The van der Waals surface area contributed by atoms with Crippen molar-refractivity contribution >= 4 is 5.97 Å². The van der Waals surface area contributed by atoms with Crippen LogP contribution in [0.4, 0.5) is 0 Å². The van der Waals surface area contributed by atoms with Crippen molar-refractivity contribution in [3.8, 4) is 0 Å². The largest absolute Gasteiger partial charge is 0.458 e. The Hall–Kier alpha value is -2.13. The quantitative estimate of drug-likeness (QED) is 0.430. The summed E-state index contributed by atoms with van der Waals surface area (Å²) in [6.07, 6.45) is 1.54. The van der Waals surface area contributed by atoms with Gasteiger partial charge in [-0.2, -0.15) is 0 Å². The number of rotatable bonds is 8. The van der Waals surface area contributed by atoms with Crippen LogP contribution in [0.1, 0.15) is 58.6 Å². The van der Waals surface area contributed by atoms with Crippen LogP contribution in [0, 0.1) is 0 Å². The average Bonchev–Trinajstić information content (AvgIpc) is 2.66. The van der Waals surface area contributed by atoms with Crippen molar-refractivity contribution < 1.29 is 14.0 Å². The van der Waals surface area contributed by atoms with Crippen LogP contribution in [-0.4, -0.2) is 42.7 Å². The fourth-order valence-corrected chi connectivity index (χ4v) is 4.28. The second kappa shape index (κ2) is 8.31. The lowest BCUT2D eigenvalue weighted by Crippen LogP contribution is -2.61. The first-order valence-electron chi connectivity index (χ1n) is 10.5. The van der Waals surface area contributed by atoms with E-state index in [-0.39, 0.29) is 11.5 Å². The van der Waals surface area contributed by atoms with E-state index in [1.54, 1.807) is 0 Å². The molecule has 0 bridgehead atoms. The molecule has 158 valence electrons. The minimum Gasteiger partial charge on any atom is -0.458 e. The number of carbonyl (C=O) groups is 1. The molecule has 0 spiro atoms. The van der Waals surface area contributed by atoms with Crippen molar-refractivity contribution in [2.45, 2.75) is 64.0 Å². The summed E-state index contributed by atoms with van der Waals surface area (Å²) in [5.41, 5.74) is 1.08. The van der Waals surface area contributed by atoms with Gasteiger partial charge in [0.2, 0.25) is 0 Å². The van der Waals surface area contributed by atoms with E-state index in [0.717, 1.165) is 10.9 Å². The normalized spacial score (nSPS) is 14.9. The Balaban J connectivity index is 2.92. The van der Waals surface area contributed by atoms with Crippen LogP contribution >= 0.6 is 0 Å². The molecular formula is C26H38NO2+. The summed E-state index contributed by atoms with van der Waals surface area (Å²) in [6, 6.07) is 21.1. The third kappa shape index (κ3) is 4.40. The van der Waals surface area contributed by atoms with E-state index in [9.17, 15) is 4.79 Å². The summed E-state index contributed by atoms with van der Waals surface area (Å²) in [5, 5.41) is 0. The van der Waals surface area contributed by atoms with Gasteiger partial charge in [-0.1, -0.05) is 67.6 Å². The van der Waals surface area contributed by atoms with Gasteiger partial charge < -0.3 is 9.22 Å². The molecule has 3 heteroatoms. The number of hydrogen-bond acceptors (Lipinski definition) is 2. The highest BCUT2D eigenvalue weighted by Gasteiger charge is 2.56. The van der Waals surface area contributed by atoms with E-state index >= 15 is 0 Å². The zero-order valence-electron chi connectivity index (χ0n) is 19.5.